The fourth-order valence-electron chi connectivity index (χ4n) is 3.16. The molecule has 0 aliphatic carbocycles. The van der Waals surface area contributed by atoms with Gasteiger partial charge in [-0.15, -0.1) is 0 Å². The summed E-state index contributed by atoms with van der Waals surface area (Å²) in [5, 5.41) is 2.88. The Morgan fingerprint density at radius 1 is 1.38 bits per heavy atom. The number of amides is 1. The van der Waals surface area contributed by atoms with Gasteiger partial charge in [-0.1, -0.05) is 18.2 Å². The molecule has 1 atom stereocenters. The number of ether oxygens (including phenoxy) is 1. The monoisotopic (exact) mass is 325 g/mol. The van der Waals surface area contributed by atoms with E-state index in [1.54, 1.807) is 13.3 Å². The van der Waals surface area contributed by atoms with Crippen molar-refractivity contribution in [3.63, 3.8) is 0 Å². The second-order valence-electron chi connectivity index (χ2n) is 6.05. The molecule has 1 aromatic heterocycles. The standard InChI is InChI=1S/C19H23N3O2/c1-14-12-15-6-3-4-7-18(15)22(14)16-8-10-20-17(13-16)19(23)21-9-5-11-24-2/h3-4,6-8,10,13-14H,5,9,11-12H2,1-2H3,(H,21,23). The number of fused-ring (bicyclic) bond motifs is 1. The van der Waals surface area contributed by atoms with Crippen molar-refractivity contribution in [2.45, 2.75) is 25.8 Å². The highest BCUT2D eigenvalue weighted by molar-refractivity contribution is 5.93. The molecule has 0 saturated carbocycles. The first-order valence-electron chi connectivity index (χ1n) is 8.31. The molecule has 1 N–H and O–H groups in total. The van der Waals surface area contributed by atoms with Crippen LogP contribution in [0.15, 0.2) is 42.6 Å². The van der Waals surface area contributed by atoms with Gasteiger partial charge in [0.1, 0.15) is 5.69 Å². The van der Waals surface area contributed by atoms with Gasteiger partial charge in [0.15, 0.2) is 0 Å². The summed E-state index contributed by atoms with van der Waals surface area (Å²) in [5.41, 5.74) is 4.00. The number of hydrogen-bond acceptors (Lipinski definition) is 4. The average Bonchev–Trinajstić information content (AvgIpc) is 2.94. The van der Waals surface area contributed by atoms with Gasteiger partial charge in [-0.05, 0) is 43.5 Å². The lowest BCUT2D eigenvalue weighted by molar-refractivity contribution is 0.0943. The largest absolute Gasteiger partial charge is 0.385 e. The predicted octanol–water partition coefficient (Wildman–Crippen LogP) is 2.93. The zero-order valence-corrected chi connectivity index (χ0v) is 14.2. The average molecular weight is 325 g/mol. The molecule has 0 radical (unpaired) electrons. The van der Waals surface area contributed by atoms with Gasteiger partial charge in [0.05, 0.1) is 0 Å². The number of carbonyl (C=O) groups is 1. The molecular weight excluding hydrogens is 302 g/mol. The highest BCUT2D eigenvalue weighted by Gasteiger charge is 2.27. The van der Waals surface area contributed by atoms with Crippen LogP contribution in [0.3, 0.4) is 0 Å². The van der Waals surface area contributed by atoms with Crippen LogP contribution in [0.4, 0.5) is 11.4 Å². The Kier molecular flexibility index (Phi) is 5.11. The van der Waals surface area contributed by atoms with E-state index in [1.165, 1.54) is 11.3 Å². The molecule has 2 aromatic rings. The van der Waals surface area contributed by atoms with Crippen LogP contribution in [0.5, 0.6) is 0 Å². The lowest BCUT2D eigenvalue weighted by Crippen LogP contribution is -2.27. The van der Waals surface area contributed by atoms with Crippen molar-refractivity contribution in [3.05, 3.63) is 53.9 Å². The number of pyridine rings is 1. The molecular formula is C19H23N3O2. The Bertz CT molecular complexity index is 717. The first-order chi connectivity index (χ1) is 11.7. The van der Waals surface area contributed by atoms with Gasteiger partial charge < -0.3 is 15.0 Å². The molecule has 2 heterocycles. The Morgan fingerprint density at radius 3 is 3.04 bits per heavy atom. The minimum absolute atomic E-state index is 0.145. The van der Waals surface area contributed by atoms with Gasteiger partial charge >= 0.3 is 0 Å². The Labute approximate surface area is 142 Å². The third-order valence-corrected chi connectivity index (χ3v) is 4.27. The molecule has 0 saturated heterocycles. The van der Waals surface area contributed by atoms with E-state index in [-0.39, 0.29) is 5.91 Å². The molecule has 1 aliphatic heterocycles. The van der Waals surface area contributed by atoms with E-state index >= 15 is 0 Å². The number of anilines is 2. The maximum Gasteiger partial charge on any atom is 0.269 e. The van der Waals surface area contributed by atoms with Gasteiger partial charge in [-0.3, -0.25) is 9.78 Å². The third-order valence-electron chi connectivity index (χ3n) is 4.27. The fourth-order valence-corrected chi connectivity index (χ4v) is 3.16. The number of hydrogen-bond donors (Lipinski definition) is 1. The minimum atomic E-state index is -0.145. The summed E-state index contributed by atoms with van der Waals surface area (Å²) in [4.78, 5) is 18.8. The smallest absolute Gasteiger partial charge is 0.269 e. The molecule has 5 heteroatoms. The maximum absolute atomic E-state index is 12.3. The summed E-state index contributed by atoms with van der Waals surface area (Å²) in [7, 11) is 1.65. The number of para-hydroxylation sites is 1. The Hall–Kier alpha value is -2.40. The number of nitrogens with zero attached hydrogens (tertiary/aromatic N) is 2. The molecule has 1 unspecified atom stereocenters. The van der Waals surface area contributed by atoms with Gasteiger partial charge in [-0.2, -0.15) is 0 Å². The van der Waals surface area contributed by atoms with E-state index in [4.69, 9.17) is 4.74 Å². The first kappa shape index (κ1) is 16.5. The van der Waals surface area contributed by atoms with Gasteiger partial charge in [0, 0.05) is 43.9 Å². The molecule has 1 aliphatic rings. The second kappa shape index (κ2) is 7.45. The number of methoxy groups -OCH3 is 1. The minimum Gasteiger partial charge on any atom is -0.385 e. The van der Waals surface area contributed by atoms with Gasteiger partial charge in [-0.25, -0.2) is 0 Å². The van der Waals surface area contributed by atoms with Crippen LogP contribution in [-0.4, -0.2) is 37.2 Å². The zero-order chi connectivity index (χ0) is 16.9. The summed E-state index contributed by atoms with van der Waals surface area (Å²) < 4.78 is 4.99. The second-order valence-corrected chi connectivity index (χ2v) is 6.05. The van der Waals surface area contributed by atoms with Gasteiger partial charge in [0.25, 0.3) is 5.91 Å². The number of carbonyl (C=O) groups excluding carboxylic acids is 1. The Morgan fingerprint density at radius 2 is 2.21 bits per heavy atom. The molecule has 3 rings (SSSR count). The van der Waals surface area contributed by atoms with Crippen LogP contribution in [0.25, 0.3) is 0 Å². The molecule has 0 spiro atoms. The lowest BCUT2D eigenvalue weighted by atomic mass is 10.1. The summed E-state index contributed by atoms with van der Waals surface area (Å²) in [6.45, 7) is 3.42. The van der Waals surface area contributed by atoms with E-state index < -0.39 is 0 Å². The van der Waals surface area contributed by atoms with E-state index in [1.807, 2.05) is 12.1 Å². The van der Waals surface area contributed by atoms with Crippen molar-refractivity contribution in [2.75, 3.05) is 25.2 Å². The van der Waals surface area contributed by atoms with E-state index in [9.17, 15) is 4.79 Å². The number of nitrogens with one attached hydrogen (secondary N) is 1. The lowest BCUT2D eigenvalue weighted by Gasteiger charge is -2.25. The van der Waals surface area contributed by atoms with Crippen molar-refractivity contribution < 1.29 is 9.53 Å². The summed E-state index contributed by atoms with van der Waals surface area (Å²) in [5.74, 6) is -0.145. The van der Waals surface area contributed by atoms with Crippen LogP contribution >= 0.6 is 0 Å². The van der Waals surface area contributed by atoms with Crippen molar-refractivity contribution in [2.24, 2.45) is 0 Å². The number of rotatable bonds is 6. The zero-order valence-electron chi connectivity index (χ0n) is 14.2. The normalized spacial score (nSPS) is 16.1. The van der Waals surface area contributed by atoms with E-state index in [0.717, 1.165) is 18.5 Å². The highest BCUT2D eigenvalue weighted by atomic mass is 16.5. The Balaban J connectivity index is 1.77. The van der Waals surface area contributed by atoms with Crippen molar-refractivity contribution in [3.8, 4) is 0 Å². The topological polar surface area (TPSA) is 54.5 Å². The summed E-state index contributed by atoms with van der Waals surface area (Å²) in [6.07, 6.45) is 3.50. The summed E-state index contributed by atoms with van der Waals surface area (Å²) >= 11 is 0. The molecule has 126 valence electrons. The maximum atomic E-state index is 12.3. The SMILES string of the molecule is COCCCNC(=O)c1cc(N2c3ccccc3CC2C)ccn1. The number of aromatic nitrogens is 1. The van der Waals surface area contributed by atoms with Crippen LogP contribution in [-0.2, 0) is 11.2 Å². The predicted molar refractivity (Wildman–Crippen MR) is 94.8 cm³/mol. The van der Waals surface area contributed by atoms with Crippen molar-refractivity contribution in [1.82, 2.24) is 10.3 Å². The van der Waals surface area contributed by atoms with Crippen LogP contribution in [0, 0.1) is 0 Å². The molecule has 0 fully saturated rings. The van der Waals surface area contributed by atoms with Crippen LogP contribution in [0.2, 0.25) is 0 Å². The van der Waals surface area contributed by atoms with Crippen LogP contribution < -0.4 is 10.2 Å². The van der Waals surface area contributed by atoms with Crippen LogP contribution in [0.1, 0.15) is 29.4 Å². The molecule has 24 heavy (non-hydrogen) atoms. The molecule has 1 amide bonds. The van der Waals surface area contributed by atoms with Gasteiger partial charge in [0.2, 0.25) is 0 Å². The number of benzene rings is 1. The van der Waals surface area contributed by atoms with E-state index in [0.29, 0.717) is 24.9 Å². The molecule has 1 aromatic carbocycles. The van der Waals surface area contributed by atoms with E-state index in [2.05, 4.69) is 46.4 Å². The quantitative estimate of drug-likeness (QED) is 0.830. The third kappa shape index (κ3) is 3.41. The fraction of sp³-hybridized carbons (Fsp3) is 0.368. The molecule has 5 nitrogen and oxygen atoms in total. The molecule has 0 bridgehead atoms. The highest BCUT2D eigenvalue weighted by Crippen LogP contribution is 2.37. The first-order valence-corrected chi connectivity index (χ1v) is 8.31. The van der Waals surface area contributed by atoms with Crippen molar-refractivity contribution in [1.29, 1.82) is 0 Å². The van der Waals surface area contributed by atoms with Crippen molar-refractivity contribution >= 4 is 17.3 Å². The summed E-state index contributed by atoms with van der Waals surface area (Å²) in [6, 6.07) is 12.6.